The lowest BCUT2D eigenvalue weighted by molar-refractivity contribution is -0.439. The molecule has 10 N–H and O–H groups in total. The van der Waals surface area contributed by atoms with Crippen molar-refractivity contribution in [2.75, 3.05) is 13.2 Å². The highest BCUT2D eigenvalue weighted by Gasteiger charge is 2.70. The Morgan fingerprint density at radius 3 is 2.14 bits per heavy atom. The van der Waals surface area contributed by atoms with E-state index in [1.807, 2.05) is 6.07 Å². The number of nitrogens with one attached hydrogen (secondary N) is 1. The summed E-state index contributed by atoms with van der Waals surface area (Å²) in [6, 6.07) is 18.2. The second-order valence-electron chi connectivity index (χ2n) is 14.1. The van der Waals surface area contributed by atoms with Crippen molar-refractivity contribution in [1.82, 2.24) is 9.62 Å². The number of nitrogens with zero attached hydrogens (tertiary/aromatic N) is 1. The number of hydrogen-bond donors (Lipinski definition) is 9. The van der Waals surface area contributed by atoms with E-state index in [2.05, 4.69) is 10.1 Å². The van der Waals surface area contributed by atoms with E-state index in [-0.39, 0.29) is 24.3 Å². The number of halogens is 3. The zero-order valence-corrected chi connectivity index (χ0v) is 31.1. The van der Waals surface area contributed by atoms with Crippen LogP contribution in [0.3, 0.4) is 0 Å². The molecule has 16 nitrogen and oxygen atoms in total. The van der Waals surface area contributed by atoms with Crippen molar-refractivity contribution in [3.05, 3.63) is 90.0 Å². The van der Waals surface area contributed by atoms with E-state index in [0.717, 1.165) is 42.4 Å². The minimum Gasteiger partial charge on any atom is -0.469 e. The van der Waals surface area contributed by atoms with Crippen molar-refractivity contribution in [3.63, 3.8) is 0 Å². The molecule has 3 aromatic rings. The molecule has 0 radical (unpaired) electrons. The number of carbonyl (C=O) groups excluding carboxylic acids is 1. The Morgan fingerprint density at radius 2 is 1.55 bits per heavy atom. The third kappa shape index (κ3) is 10.0. The number of alkyl halides is 3. The minimum atomic E-state index is -4.97. The van der Waals surface area contributed by atoms with Crippen molar-refractivity contribution in [1.29, 1.82) is 0 Å². The van der Waals surface area contributed by atoms with Crippen LogP contribution < -0.4 is 20.5 Å². The molecule has 2 heterocycles. The molecule has 1 amide bonds. The third-order valence-electron chi connectivity index (χ3n) is 9.16. The third-order valence-corrected chi connectivity index (χ3v) is 10.3. The molecular formula is C36H44F3N3O13S. The highest BCUT2D eigenvalue weighted by Crippen LogP contribution is 2.47. The number of carbonyl (C=O) groups is 1. The second-order valence-corrected chi connectivity index (χ2v) is 15.1. The predicted octanol–water partition coefficient (Wildman–Crippen LogP) is 1.93. The number of ether oxygens (including phenoxy) is 5. The zero-order chi connectivity index (χ0) is 41.3. The smallest absolute Gasteiger partial charge is 0.469 e. The van der Waals surface area contributed by atoms with Gasteiger partial charge in [0.05, 0.1) is 24.7 Å². The number of benzene rings is 3. The number of aliphatic hydroxyl groups is 7. The first-order valence-corrected chi connectivity index (χ1v) is 17.9. The van der Waals surface area contributed by atoms with Crippen molar-refractivity contribution in [2.45, 2.75) is 92.3 Å². The Labute approximate surface area is 323 Å². The summed E-state index contributed by atoms with van der Waals surface area (Å²) >= 11 is 0.529. The minimum absolute atomic E-state index is 0.0193. The Bertz CT molecular complexity index is 1780. The van der Waals surface area contributed by atoms with E-state index in [0.29, 0.717) is 28.8 Å². The molecule has 5 rings (SSSR count). The van der Waals surface area contributed by atoms with Gasteiger partial charge in [-0.05, 0) is 87.5 Å². The molecule has 56 heavy (non-hydrogen) atoms. The monoisotopic (exact) mass is 815 g/mol. The fourth-order valence-corrected chi connectivity index (χ4v) is 7.07. The van der Waals surface area contributed by atoms with Crippen LogP contribution >= 0.6 is 11.9 Å². The molecule has 2 aliphatic heterocycles. The summed E-state index contributed by atoms with van der Waals surface area (Å²) in [5, 5.41) is 78.9. The molecule has 6 atom stereocenters. The van der Waals surface area contributed by atoms with Crippen LogP contribution in [0.1, 0.15) is 38.3 Å². The van der Waals surface area contributed by atoms with Gasteiger partial charge in [-0.15, -0.1) is 13.2 Å². The SMILES string of the molecule is CC(N)(Oc1ccc(CC(NC(=O)OC2(O)C3CCOC3OC2(O)O)C(O)CN(Sc2ccc(OC(F)(F)F)cc2)C(O)(O)C(C)(C)O)cc1)c1ccccc1. The maximum absolute atomic E-state index is 13.4. The van der Waals surface area contributed by atoms with Crippen molar-refractivity contribution in [2.24, 2.45) is 11.7 Å². The first-order valence-electron chi connectivity index (χ1n) is 17.2. The summed E-state index contributed by atoms with van der Waals surface area (Å²) in [6.07, 6.45) is -9.71. The van der Waals surface area contributed by atoms with Gasteiger partial charge in [0.15, 0.2) is 12.0 Å². The molecule has 0 spiro atoms. The number of rotatable bonds is 15. The molecule has 2 saturated heterocycles. The summed E-state index contributed by atoms with van der Waals surface area (Å²) in [6.45, 7) is 3.06. The number of aliphatic hydroxyl groups excluding tert-OH is 1. The lowest BCUT2D eigenvalue weighted by Gasteiger charge is -2.43. The van der Waals surface area contributed by atoms with Gasteiger partial charge in [-0.3, -0.25) is 10.5 Å². The van der Waals surface area contributed by atoms with Crippen LogP contribution in [0.15, 0.2) is 83.8 Å². The Hall–Kier alpha value is -3.77. The quantitative estimate of drug-likeness (QED) is 0.0786. The highest BCUT2D eigenvalue weighted by atomic mass is 32.2. The van der Waals surface area contributed by atoms with E-state index in [4.69, 9.17) is 24.7 Å². The van der Waals surface area contributed by atoms with Crippen LogP contribution in [0.25, 0.3) is 0 Å². The maximum Gasteiger partial charge on any atom is 0.573 e. The van der Waals surface area contributed by atoms with Gasteiger partial charge in [0, 0.05) is 17.0 Å². The molecule has 0 aliphatic carbocycles. The van der Waals surface area contributed by atoms with Gasteiger partial charge >= 0.3 is 24.2 Å². The van der Waals surface area contributed by atoms with Gasteiger partial charge in [0.1, 0.15) is 17.1 Å². The zero-order valence-electron chi connectivity index (χ0n) is 30.3. The van der Waals surface area contributed by atoms with E-state index >= 15 is 0 Å². The van der Waals surface area contributed by atoms with Gasteiger partial charge in [-0.2, -0.15) is 4.31 Å². The number of nitrogens with two attached hydrogens (primary N) is 1. The largest absolute Gasteiger partial charge is 0.573 e. The first kappa shape index (κ1) is 43.4. The standard InChI is InChI=1S/C36H44F3N3O13S/c1-31(2,45)34(47,48)42(56-25-15-13-24(14-16-25)53-36(37,38)39)20-28(43)27(41-30(44)55-33(46)26-17-18-51-29(26)54-35(33,49)50)19-21-9-11-23(12-10-21)52-32(3,40)22-7-5-4-6-8-22/h4-16,26-29,43,45-50H,17-20,40H2,1-3H3,(H,41,44). The Kier molecular flexibility index (Phi) is 12.6. The molecule has 0 bridgehead atoms. The summed E-state index contributed by atoms with van der Waals surface area (Å²) in [4.78, 5) is 13.5. The lowest BCUT2D eigenvalue weighted by atomic mass is 9.97. The summed E-state index contributed by atoms with van der Waals surface area (Å²) < 4.78 is 64.1. The molecule has 308 valence electrons. The van der Waals surface area contributed by atoms with E-state index in [1.54, 1.807) is 55.5 Å². The van der Waals surface area contributed by atoms with E-state index in [1.165, 1.54) is 0 Å². The van der Waals surface area contributed by atoms with Crippen LogP contribution in [0.4, 0.5) is 18.0 Å². The molecular weight excluding hydrogens is 771 g/mol. The number of hydrogen-bond acceptors (Lipinski definition) is 16. The van der Waals surface area contributed by atoms with E-state index < -0.39 is 78.1 Å². The fourth-order valence-electron chi connectivity index (χ4n) is 5.98. The van der Waals surface area contributed by atoms with Crippen molar-refractivity contribution >= 4 is 18.0 Å². The topological polar surface area (TPSA) is 246 Å². The van der Waals surface area contributed by atoms with Crippen LogP contribution in [0, 0.1) is 5.92 Å². The second kappa shape index (κ2) is 16.2. The van der Waals surface area contributed by atoms with Crippen molar-refractivity contribution in [3.8, 4) is 11.5 Å². The molecule has 2 aliphatic rings. The number of fused-ring (bicyclic) bond motifs is 1. The summed E-state index contributed by atoms with van der Waals surface area (Å²) in [5.74, 6) is -10.9. The maximum atomic E-state index is 13.4. The first-order chi connectivity index (χ1) is 25.9. The average Bonchev–Trinajstić information content (AvgIpc) is 3.62. The Balaban J connectivity index is 1.40. The predicted molar refractivity (Wildman–Crippen MR) is 188 cm³/mol. The molecule has 0 saturated carbocycles. The average molecular weight is 816 g/mol. The lowest BCUT2D eigenvalue weighted by Crippen LogP contribution is -2.63. The fraction of sp³-hybridized carbons (Fsp3) is 0.472. The van der Waals surface area contributed by atoms with Crippen LogP contribution in [0.5, 0.6) is 11.5 Å². The molecule has 6 unspecified atom stereocenters. The van der Waals surface area contributed by atoms with Crippen LogP contribution in [0.2, 0.25) is 0 Å². The van der Waals surface area contributed by atoms with Gasteiger partial charge in [-0.1, -0.05) is 42.5 Å². The molecule has 20 heteroatoms. The number of amides is 1. The summed E-state index contributed by atoms with van der Waals surface area (Å²) in [5.41, 5.74) is 4.04. The molecule has 0 aromatic heterocycles. The van der Waals surface area contributed by atoms with E-state index in [9.17, 15) is 53.7 Å². The Morgan fingerprint density at radius 1 is 0.964 bits per heavy atom. The molecule has 3 aromatic carbocycles. The van der Waals surface area contributed by atoms with Crippen LogP contribution in [-0.4, -0.2) is 107 Å². The highest BCUT2D eigenvalue weighted by molar-refractivity contribution is 7.97. The van der Waals surface area contributed by atoms with Gasteiger partial charge in [-0.25, -0.2) is 4.79 Å². The number of alkyl carbamates (subject to hydrolysis) is 1. The van der Waals surface area contributed by atoms with Gasteiger partial charge in [0.25, 0.3) is 5.91 Å². The summed E-state index contributed by atoms with van der Waals surface area (Å²) in [7, 11) is 0. The molecule has 2 fully saturated rings. The van der Waals surface area contributed by atoms with Crippen molar-refractivity contribution < 1.29 is 77.4 Å². The van der Waals surface area contributed by atoms with Crippen LogP contribution in [-0.2, 0) is 26.4 Å². The van der Waals surface area contributed by atoms with Gasteiger partial charge < -0.3 is 60.0 Å². The van der Waals surface area contributed by atoms with Gasteiger partial charge in [0.2, 0.25) is 0 Å². The normalized spacial score (nSPS) is 23.2.